The van der Waals surface area contributed by atoms with Crippen LogP contribution in [-0.2, 0) is 4.74 Å². The second-order valence-electron chi connectivity index (χ2n) is 9.06. The molecule has 0 unspecified atom stereocenters. The molecule has 0 spiro atoms. The molecule has 0 aromatic carbocycles. The molecule has 2 aliphatic rings. The normalized spacial score (nSPS) is 27.2. The Balaban J connectivity index is 1.44. The van der Waals surface area contributed by atoms with E-state index in [0.29, 0.717) is 18.8 Å². The van der Waals surface area contributed by atoms with Crippen LogP contribution in [0.15, 0.2) is 11.4 Å². The van der Waals surface area contributed by atoms with Crippen LogP contribution in [0.3, 0.4) is 0 Å². The first kappa shape index (κ1) is 19.7. The quantitative estimate of drug-likeness (QED) is 0.696. The topological polar surface area (TPSA) is 41.5 Å². The van der Waals surface area contributed by atoms with E-state index in [1.54, 1.807) is 11.3 Å². The molecule has 0 aliphatic heterocycles. The van der Waals surface area contributed by atoms with E-state index in [0.717, 1.165) is 36.2 Å². The number of ether oxygens (including phenoxy) is 1. The van der Waals surface area contributed by atoms with E-state index in [-0.39, 0.29) is 5.41 Å². The van der Waals surface area contributed by atoms with Crippen LogP contribution in [0.2, 0.25) is 0 Å². The highest BCUT2D eigenvalue weighted by atomic mass is 32.1. The number of anilines is 1. The molecule has 0 atom stereocenters. The standard InChI is InChI=1S/C22H33NO2S/c1-21(2,3)11-10-20-14-18(15-26-20)23-17-8-12-22(24,13-9-17)16-25-19-6-4-5-7-19/h14-15,17,19,23-24H,4-9,12-13,16H2,1-3H3. The molecule has 0 amide bonds. The third kappa shape index (κ3) is 6.01. The number of thiophene rings is 1. The summed E-state index contributed by atoms with van der Waals surface area (Å²) in [5.74, 6) is 6.56. The fraction of sp³-hybridized carbons (Fsp3) is 0.727. The van der Waals surface area contributed by atoms with Crippen molar-refractivity contribution in [3.05, 3.63) is 16.3 Å². The molecule has 0 saturated heterocycles. The molecular formula is C22H33NO2S. The maximum Gasteiger partial charge on any atom is 0.0881 e. The summed E-state index contributed by atoms with van der Waals surface area (Å²) in [7, 11) is 0. The summed E-state index contributed by atoms with van der Waals surface area (Å²) in [6, 6.07) is 2.58. The molecule has 2 fully saturated rings. The van der Waals surface area contributed by atoms with Crippen LogP contribution in [0, 0.1) is 17.3 Å². The highest BCUT2D eigenvalue weighted by Crippen LogP contribution is 2.32. The van der Waals surface area contributed by atoms with Gasteiger partial charge in [0.15, 0.2) is 0 Å². The third-order valence-corrected chi connectivity index (χ3v) is 6.18. The largest absolute Gasteiger partial charge is 0.387 e. The lowest BCUT2D eigenvalue weighted by molar-refractivity contribution is -0.0901. The van der Waals surface area contributed by atoms with Crippen molar-refractivity contribution in [2.45, 2.75) is 89.9 Å². The Morgan fingerprint density at radius 3 is 2.58 bits per heavy atom. The number of aliphatic hydroxyl groups is 1. The fourth-order valence-corrected chi connectivity index (χ4v) is 4.43. The van der Waals surface area contributed by atoms with Gasteiger partial charge < -0.3 is 15.2 Å². The first-order valence-corrected chi connectivity index (χ1v) is 10.9. The average Bonchev–Trinajstić information content (AvgIpc) is 3.25. The van der Waals surface area contributed by atoms with Crippen molar-refractivity contribution in [2.75, 3.05) is 11.9 Å². The minimum absolute atomic E-state index is 0.0337. The summed E-state index contributed by atoms with van der Waals surface area (Å²) in [5.41, 5.74) is 0.566. The summed E-state index contributed by atoms with van der Waals surface area (Å²) in [5, 5.41) is 16.6. The van der Waals surface area contributed by atoms with Crippen LogP contribution in [0.4, 0.5) is 5.69 Å². The van der Waals surface area contributed by atoms with Gasteiger partial charge in [-0.3, -0.25) is 0 Å². The molecule has 2 saturated carbocycles. The SMILES string of the molecule is CC(C)(C)C#Cc1cc(NC2CCC(O)(COC3CCCC3)CC2)cs1. The van der Waals surface area contributed by atoms with Gasteiger partial charge in [0.1, 0.15) is 0 Å². The van der Waals surface area contributed by atoms with E-state index in [4.69, 9.17) is 4.74 Å². The second kappa shape index (κ2) is 8.33. The zero-order valence-electron chi connectivity index (χ0n) is 16.4. The van der Waals surface area contributed by atoms with E-state index in [1.165, 1.54) is 25.7 Å². The van der Waals surface area contributed by atoms with Gasteiger partial charge in [0.25, 0.3) is 0 Å². The van der Waals surface area contributed by atoms with Crippen molar-refractivity contribution < 1.29 is 9.84 Å². The molecule has 4 heteroatoms. The zero-order chi connectivity index (χ0) is 18.6. The highest BCUT2D eigenvalue weighted by molar-refractivity contribution is 7.11. The monoisotopic (exact) mass is 375 g/mol. The Morgan fingerprint density at radius 1 is 1.23 bits per heavy atom. The molecule has 1 aromatic rings. The Bertz CT molecular complexity index is 635. The van der Waals surface area contributed by atoms with Crippen LogP contribution in [0.1, 0.15) is 77.0 Å². The number of nitrogens with one attached hydrogen (secondary N) is 1. The molecule has 1 aromatic heterocycles. The predicted molar refractivity (Wildman–Crippen MR) is 110 cm³/mol. The first-order valence-electron chi connectivity index (χ1n) is 10.0. The molecule has 3 rings (SSSR count). The van der Waals surface area contributed by atoms with Crippen molar-refractivity contribution >= 4 is 17.0 Å². The molecule has 1 heterocycles. The van der Waals surface area contributed by atoms with Crippen LogP contribution < -0.4 is 5.32 Å². The maximum absolute atomic E-state index is 10.8. The molecule has 2 N–H and O–H groups in total. The van der Waals surface area contributed by atoms with Crippen LogP contribution in [0.5, 0.6) is 0 Å². The molecule has 144 valence electrons. The van der Waals surface area contributed by atoms with E-state index in [1.807, 2.05) is 0 Å². The van der Waals surface area contributed by atoms with Gasteiger partial charge in [-0.2, -0.15) is 0 Å². The van der Waals surface area contributed by atoms with Crippen LogP contribution in [-0.4, -0.2) is 29.5 Å². The van der Waals surface area contributed by atoms with Crippen molar-refractivity contribution in [1.82, 2.24) is 0 Å². The van der Waals surface area contributed by atoms with Gasteiger partial charge in [-0.15, -0.1) is 11.3 Å². The molecule has 0 bridgehead atoms. The van der Waals surface area contributed by atoms with E-state index in [9.17, 15) is 5.11 Å². The number of rotatable bonds is 5. The summed E-state index contributed by atoms with van der Waals surface area (Å²) >= 11 is 1.70. The van der Waals surface area contributed by atoms with Gasteiger partial charge in [-0.25, -0.2) is 0 Å². The van der Waals surface area contributed by atoms with Crippen LogP contribution >= 0.6 is 11.3 Å². The van der Waals surface area contributed by atoms with Crippen molar-refractivity contribution in [2.24, 2.45) is 5.41 Å². The van der Waals surface area contributed by atoms with Gasteiger partial charge in [-0.05, 0) is 65.4 Å². The van der Waals surface area contributed by atoms with Gasteiger partial charge >= 0.3 is 0 Å². The van der Waals surface area contributed by atoms with Gasteiger partial charge in [0.2, 0.25) is 0 Å². The Hall–Kier alpha value is -1.02. The minimum Gasteiger partial charge on any atom is -0.387 e. The molecule has 2 aliphatic carbocycles. The summed E-state index contributed by atoms with van der Waals surface area (Å²) < 4.78 is 5.97. The summed E-state index contributed by atoms with van der Waals surface area (Å²) in [6.45, 7) is 6.90. The van der Waals surface area contributed by atoms with Crippen molar-refractivity contribution in [3.63, 3.8) is 0 Å². The van der Waals surface area contributed by atoms with E-state index >= 15 is 0 Å². The zero-order valence-corrected chi connectivity index (χ0v) is 17.3. The lowest BCUT2D eigenvalue weighted by Crippen LogP contribution is -2.42. The summed E-state index contributed by atoms with van der Waals surface area (Å²) in [6.07, 6.45) is 8.88. The van der Waals surface area contributed by atoms with Gasteiger partial charge in [0.05, 0.1) is 23.2 Å². The molecule has 26 heavy (non-hydrogen) atoms. The van der Waals surface area contributed by atoms with Crippen LogP contribution in [0.25, 0.3) is 0 Å². The highest BCUT2D eigenvalue weighted by Gasteiger charge is 2.34. The Kier molecular flexibility index (Phi) is 6.33. The van der Waals surface area contributed by atoms with Gasteiger partial charge in [-0.1, -0.05) is 24.7 Å². The fourth-order valence-electron chi connectivity index (χ4n) is 3.73. The maximum atomic E-state index is 10.8. The lowest BCUT2D eigenvalue weighted by Gasteiger charge is -2.37. The van der Waals surface area contributed by atoms with Crippen molar-refractivity contribution in [1.29, 1.82) is 0 Å². The smallest absolute Gasteiger partial charge is 0.0881 e. The molecule has 0 radical (unpaired) electrons. The van der Waals surface area contributed by atoms with E-state index in [2.05, 4.69) is 49.4 Å². The third-order valence-electron chi connectivity index (χ3n) is 5.34. The minimum atomic E-state index is -0.626. The molecule has 3 nitrogen and oxygen atoms in total. The predicted octanol–water partition coefficient (Wildman–Crippen LogP) is 5.19. The van der Waals surface area contributed by atoms with Gasteiger partial charge in [0, 0.05) is 22.5 Å². The second-order valence-corrected chi connectivity index (χ2v) is 9.97. The lowest BCUT2D eigenvalue weighted by atomic mass is 9.82. The number of hydrogen-bond acceptors (Lipinski definition) is 4. The van der Waals surface area contributed by atoms with Crippen molar-refractivity contribution in [3.8, 4) is 11.8 Å². The van der Waals surface area contributed by atoms with E-state index < -0.39 is 5.60 Å². The number of hydrogen-bond donors (Lipinski definition) is 2. The Labute approximate surface area is 162 Å². The Morgan fingerprint density at radius 2 is 1.92 bits per heavy atom. The average molecular weight is 376 g/mol. The first-order chi connectivity index (χ1) is 12.3. The summed E-state index contributed by atoms with van der Waals surface area (Å²) in [4.78, 5) is 1.11. The molecular weight excluding hydrogens is 342 g/mol.